The van der Waals surface area contributed by atoms with Crippen LogP contribution in [0.3, 0.4) is 0 Å². The molecule has 164 valence electrons. The number of phenols is 1. The molecule has 2 atom stereocenters. The van der Waals surface area contributed by atoms with Crippen molar-refractivity contribution in [2.75, 3.05) is 0 Å². The second kappa shape index (κ2) is 9.34. The summed E-state index contributed by atoms with van der Waals surface area (Å²) in [6.07, 6.45) is 0.738. The number of halogens is 2. The van der Waals surface area contributed by atoms with Crippen molar-refractivity contribution in [2.45, 2.75) is 24.8 Å². The van der Waals surface area contributed by atoms with E-state index in [2.05, 4.69) is 37.2 Å². The summed E-state index contributed by atoms with van der Waals surface area (Å²) in [6.45, 7) is 0. The van der Waals surface area contributed by atoms with E-state index in [1.807, 2.05) is 30.3 Å². The van der Waals surface area contributed by atoms with Gasteiger partial charge in [-0.05, 0) is 79.7 Å². The number of carbonyl (C=O) groups is 2. The number of aromatic hydroxyl groups is 1. The maximum Gasteiger partial charge on any atom is 0.307 e. The average Bonchev–Trinajstić information content (AvgIpc) is 3.51. The number of phenolic OH excluding ortho intramolecular Hbond substituents is 1. The SMILES string of the molecule is O=C(O)Cc1cc(Br)c(Oc2ccc(O)c(C(=O)N[C@@H]3C[C@H]3c3ccccc3)c2)c(Br)c1. The van der Waals surface area contributed by atoms with Crippen LogP contribution in [0.5, 0.6) is 17.2 Å². The van der Waals surface area contributed by atoms with E-state index in [1.165, 1.54) is 17.7 Å². The summed E-state index contributed by atoms with van der Waals surface area (Å²) in [7, 11) is 0. The Balaban J connectivity index is 1.48. The van der Waals surface area contributed by atoms with E-state index in [-0.39, 0.29) is 35.6 Å². The van der Waals surface area contributed by atoms with Crippen molar-refractivity contribution in [3.05, 3.63) is 86.3 Å². The summed E-state index contributed by atoms with van der Waals surface area (Å²) in [6, 6.07) is 17.8. The lowest BCUT2D eigenvalue weighted by Gasteiger charge is -2.13. The lowest BCUT2D eigenvalue weighted by atomic mass is 10.1. The molecule has 4 rings (SSSR count). The van der Waals surface area contributed by atoms with Crippen LogP contribution >= 0.6 is 31.9 Å². The summed E-state index contributed by atoms with van der Waals surface area (Å²) in [5.74, 6) is -0.374. The van der Waals surface area contributed by atoms with Crippen LogP contribution in [0, 0.1) is 0 Å². The van der Waals surface area contributed by atoms with Crippen LogP contribution in [-0.2, 0) is 11.2 Å². The minimum atomic E-state index is -0.933. The Morgan fingerprint density at radius 2 is 1.72 bits per heavy atom. The summed E-state index contributed by atoms with van der Waals surface area (Å²) < 4.78 is 7.05. The van der Waals surface area contributed by atoms with Gasteiger partial charge in [0, 0.05) is 12.0 Å². The normalized spacial score (nSPS) is 16.9. The van der Waals surface area contributed by atoms with E-state index in [0.29, 0.717) is 26.0 Å². The Morgan fingerprint density at radius 1 is 1.03 bits per heavy atom. The van der Waals surface area contributed by atoms with Gasteiger partial charge in [-0.3, -0.25) is 9.59 Å². The van der Waals surface area contributed by atoms with Crippen LogP contribution in [0.2, 0.25) is 0 Å². The fourth-order valence-corrected chi connectivity index (χ4v) is 4.98. The van der Waals surface area contributed by atoms with Crippen LogP contribution in [0.1, 0.15) is 33.8 Å². The zero-order valence-electron chi connectivity index (χ0n) is 16.7. The van der Waals surface area contributed by atoms with Crippen molar-refractivity contribution in [1.82, 2.24) is 5.32 Å². The molecule has 1 aliphatic carbocycles. The van der Waals surface area contributed by atoms with Crippen molar-refractivity contribution in [3.8, 4) is 17.2 Å². The van der Waals surface area contributed by atoms with Gasteiger partial charge < -0.3 is 20.3 Å². The molecule has 1 saturated carbocycles. The number of ether oxygens (including phenoxy) is 1. The van der Waals surface area contributed by atoms with Gasteiger partial charge in [0.25, 0.3) is 5.91 Å². The maximum absolute atomic E-state index is 12.8. The zero-order valence-corrected chi connectivity index (χ0v) is 19.9. The van der Waals surface area contributed by atoms with Crippen LogP contribution < -0.4 is 10.1 Å². The highest BCUT2D eigenvalue weighted by molar-refractivity contribution is 9.11. The fourth-order valence-electron chi connectivity index (χ4n) is 3.53. The molecule has 0 saturated heterocycles. The second-order valence-corrected chi connectivity index (χ2v) is 9.28. The molecule has 8 heteroatoms. The summed E-state index contributed by atoms with van der Waals surface area (Å²) in [5.41, 5.74) is 1.91. The predicted octanol–water partition coefficient (Wildman–Crippen LogP) is 5.62. The number of nitrogens with one attached hydrogen (secondary N) is 1. The monoisotopic (exact) mass is 559 g/mol. The Kier molecular flexibility index (Phi) is 6.53. The summed E-state index contributed by atoms with van der Waals surface area (Å²) in [4.78, 5) is 23.7. The summed E-state index contributed by atoms with van der Waals surface area (Å²) in [5, 5.41) is 22.2. The molecule has 0 unspecified atom stereocenters. The molecule has 3 N–H and O–H groups in total. The molecule has 0 heterocycles. The Labute approximate surface area is 201 Å². The Morgan fingerprint density at radius 3 is 2.38 bits per heavy atom. The zero-order chi connectivity index (χ0) is 22.8. The third kappa shape index (κ3) is 5.14. The van der Waals surface area contributed by atoms with Crippen LogP contribution in [0.15, 0.2) is 69.6 Å². The topological polar surface area (TPSA) is 95.9 Å². The first-order valence-electron chi connectivity index (χ1n) is 9.88. The van der Waals surface area contributed by atoms with E-state index in [4.69, 9.17) is 9.84 Å². The quantitative estimate of drug-likeness (QED) is 0.348. The first kappa shape index (κ1) is 22.4. The molecule has 1 aliphatic rings. The number of carboxylic acids is 1. The second-order valence-electron chi connectivity index (χ2n) is 7.57. The van der Waals surface area contributed by atoms with Crippen LogP contribution in [-0.4, -0.2) is 28.1 Å². The van der Waals surface area contributed by atoms with Gasteiger partial charge in [-0.25, -0.2) is 0 Å². The van der Waals surface area contributed by atoms with Gasteiger partial charge in [-0.1, -0.05) is 30.3 Å². The molecule has 1 fully saturated rings. The van der Waals surface area contributed by atoms with Gasteiger partial charge in [0.1, 0.15) is 11.5 Å². The van der Waals surface area contributed by atoms with Crippen molar-refractivity contribution in [2.24, 2.45) is 0 Å². The first-order chi connectivity index (χ1) is 15.3. The van der Waals surface area contributed by atoms with E-state index in [0.717, 1.165) is 6.42 Å². The lowest BCUT2D eigenvalue weighted by Crippen LogP contribution is -2.26. The molecule has 3 aromatic carbocycles. The van der Waals surface area contributed by atoms with Crippen LogP contribution in [0.4, 0.5) is 0 Å². The fraction of sp³-hybridized carbons (Fsp3) is 0.167. The van der Waals surface area contributed by atoms with Crippen molar-refractivity contribution in [3.63, 3.8) is 0 Å². The van der Waals surface area contributed by atoms with E-state index in [9.17, 15) is 14.7 Å². The number of aliphatic carboxylic acids is 1. The number of hydrogen-bond acceptors (Lipinski definition) is 4. The molecule has 0 spiro atoms. The molecule has 1 amide bonds. The number of hydrogen-bond donors (Lipinski definition) is 3. The third-order valence-corrected chi connectivity index (χ3v) is 6.36. The minimum Gasteiger partial charge on any atom is -0.507 e. The van der Waals surface area contributed by atoms with Crippen molar-refractivity contribution >= 4 is 43.7 Å². The van der Waals surface area contributed by atoms with Gasteiger partial charge in [0.05, 0.1) is 20.9 Å². The van der Waals surface area contributed by atoms with Gasteiger partial charge in [-0.15, -0.1) is 0 Å². The van der Waals surface area contributed by atoms with Gasteiger partial charge in [-0.2, -0.15) is 0 Å². The third-order valence-electron chi connectivity index (χ3n) is 5.18. The molecular weight excluding hydrogens is 542 g/mol. The standard InChI is InChI=1S/C24H19Br2NO5/c25-18-8-13(10-22(29)30)9-19(26)23(18)32-15-6-7-21(28)17(11-15)24(31)27-20-12-16(20)14-4-2-1-3-5-14/h1-9,11,16,20,28H,10,12H2,(H,27,31)(H,29,30)/t16-,20+/m0/s1. The van der Waals surface area contributed by atoms with E-state index in [1.54, 1.807) is 18.2 Å². The molecule has 0 bridgehead atoms. The Hall–Kier alpha value is -2.84. The first-order valence-corrected chi connectivity index (χ1v) is 11.5. The Bertz CT molecular complexity index is 1160. The van der Waals surface area contributed by atoms with E-state index >= 15 is 0 Å². The highest BCUT2D eigenvalue weighted by Crippen LogP contribution is 2.41. The number of carbonyl (C=O) groups excluding carboxylic acids is 1. The lowest BCUT2D eigenvalue weighted by molar-refractivity contribution is -0.136. The molecule has 3 aromatic rings. The largest absolute Gasteiger partial charge is 0.507 e. The average molecular weight is 561 g/mol. The van der Waals surface area contributed by atoms with Gasteiger partial charge in [0.15, 0.2) is 5.75 Å². The smallest absolute Gasteiger partial charge is 0.307 e. The highest BCUT2D eigenvalue weighted by atomic mass is 79.9. The molecule has 0 aromatic heterocycles. The molecule has 32 heavy (non-hydrogen) atoms. The number of benzene rings is 3. The van der Waals surface area contributed by atoms with Crippen molar-refractivity contribution in [1.29, 1.82) is 0 Å². The molecule has 0 radical (unpaired) electrons. The maximum atomic E-state index is 12.8. The van der Waals surface area contributed by atoms with Gasteiger partial charge >= 0.3 is 5.97 Å². The molecular formula is C24H19Br2NO5. The van der Waals surface area contributed by atoms with Crippen molar-refractivity contribution < 1.29 is 24.5 Å². The highest BCUT2D eigenvalue weighted by Gasteiger charge is 2.39. The molecule has 6 nitrogen and oxygen atoms in total. The minimum absolute atomic E-state index is 0.0268. The number of carboxylic acid groups (broad SMARTS) is 1. The van der Waals surface area contributed by atoms with Gasteiger partial charge in [0.2, 0.25) is 0 Å². The predicted molar refractivity (Wildman–Crippen MR) is 126 cm³/mol. The van der Waals surface area contributed by atoms with E-state index < -0.39 is 5.97 Å². The van der Waals surface area contributed by atoms with Crippen LogP contribution in [0.25, 0.3) is 0 Å². The molecule has 0 aliphatic heterocycles. The summed E-state index contributed by atoms with van der Waals surface area (Å²) >= 11 is 6.80. The number of rotatable bonds is 7. The number of amides is 1.